The average molecular weight is 408 g/mol. The molecule has 0 heterocycles. The Morgan fingerprint density at radius 2 is 1.76 bits per heavy atom. The van der Waals surface area contributed by atoms with Crippen molar-refractivity contribution in [2.45, 2.75) is 38.8 Å². The minimum atomic E-state index is -1.20. The van der Waals surface area contributed by atoms with E-state index in [-0.39, 0.29) is 24.5 Å². The molecule has 0 bridgehead atoms. The number of esters is 1. The molecule has 1 aromatic rings. The molecule has 3 amide bonds. The van der Waals surface area contributed by atoms with Crippen LogP contribution in [0, 0.1) is 0 Å². The van der Waals surface area contributed by atoms with E-state index in [9.17, 15) is 24.0 Å². The smallest absolute Gasteiger partial charge is 0.328 e. The number of hydrogen-bond acceptors (Lipinski definition) is 7. The van der Waals surface area contributed by atoms with Crippen LogP contribution >= 0.6 is 0 Å². The first-order chi connectivity index (χ1) is 13.6. The molecule has 0 radical (unpaired) electrons. The quantitative estimate of drug-likeness (QED) is 0.251. The minimum absolute atomic E-state index is 0.0158. The molecule has 0 saturated heterocycles. The van der Waals surface area contributed by atoms with Crippen molar-refractivity contribution in [1.29, 1.82) is 0 Å². The zero-order valence-corrected chi connectivity index (χ0v) is 16.1. The molecule has 11 heteroatoms. The molecule has 0 aromatic heterocycles. The fourth-order valence-corrected chi connectivity index (χ4v) is 2.10. The molecular formula is C18H24N4O7. The van der Waals surface area contributed by atoms with E-state index in [1.807, 2.05) is 0 Å². The van der Waals surface area contributed by atoms with E-state index < -0.39 is 42.4 Å². The van der Waals surface area contributed by atoms with Gasteiger partial charge >= 0.3 is 11.9 Å². The molecule has 1 rings (SSSR count). The Morgan fingerprint density at radius 3 is 2.31 bits per heavy atom. The Balaban J connectivity index is 2.40. The Hall–Kier alpha value is -3.47. The predicted octanol–water partition coefficient (Wildman–Crippen LogP) is -0.637. The van der Waals surface area contributed by atoms with E-state index in [1.165, 1.54) is 26.0 Å². The second kappa shape index (κ2) is 11.4. The molecule has 0 fully saturated rings. The molecular weight excluding hydrogens is 384 g/mol. The highest BCUT2D eigenvalue weighted by Gasteiger charge is 2.20. The lowest BCUT2D eigenvalue weighted by Gasteiger charge is -2.15. The van der Waals surface area contributed by atoms with Gasteiger partial charge in [-0.25, -0.2) is 4.79 Å². The summed E-state index contributed by atoms with van der Waals surface area (Å²) in [7, 11) is 0. The van der Waals surface area contributed by atoms with Crippen molar-refractivity contribution in [1.82, 2.24) is 10.6 Å². The zero-order valence-electron chi connectivity index (χ0n) is 16.1. The van der Waals surface area contributed by atoms with Crippen molar-refractivity contribution in [3.8, 4) is 5.75 Å². The zero-order chi connectivity index (χ0) is 22.0. The summed E-state index contributed by atoms with van der Waals surface area (Å²) in [5, 5.41) is 15.6. The van der Waals surface area contributed by atoms with Gasteiger partial charge in [-0.3, -0.25) is 19.2 Å². The number of benzene rings is 1. The minimum Gasteiger partial charge on any atom is -0.480 e. The van der Waals surface area contributed by atoms with Crippen LogP contribution in [0.25, 0.3) is 0 Å². The standard InChI is InChI=1S/C18H24N4O7/c1-10(17(27)20-9-16(25)26)21-15(24)8-7-14(19)18(28)29-13-5-3-12(4-6-13)22-11(2)23/h3-6,10,14H,7-9,19H2,1-2H3,(H,20,27)(H,21,24)(H,22,23)(H,25,26). The lowest BCUT2D eigenvalue weighted by molar-refractivity contribution is -0.138. The van der Waals surface area contributed by atoms with Gasteiger partial charge in [0.05, 0.1) is 0 Å². The molecule has 0 aliphatic carbocycles. The summed E-state index contributed by atoms with van der Waals surface area (Å²) in [4.78, 5) is 56.8. The molecule has 158 valence electrons. The van der Waals surface area contributed by atoms with Gasteiger partial charge in [0.1, 0.15) is 24.4 Å². The van der Waals surface area contributed by atoms with Crippen molar-refractivity contribution < 1.29 is 33.8 Å². The van der Waals surface area contributed by atoms with Crippen LogP contribution in [-0.4, -0.2) is 53.4 Å². The summed E-state index contributed by atoms with van der Waals surface area (Å²) in [6.45, 7) is 2.21. The molecule has 29 heavy (non-hydrogen) atoms. The Morgan fingerprint density at radius 1 is 1.14 bits per heavy atom. The third-order valence-corrected chi connectivity index (χ3v) is 3.56. The number of ether oxygens (including phenoxy) is 1. The SMILES string of the molecule is CC(=O)Nc1ccc(OC(=O)C(N)CCC(=O)NC(C)C(=O)NCC(=O)O)cc1. The average Bonchev–Trinajstić information content (AvgIpc) is 2.65. The number of rotatable bonds is 10. The van der Waals surface area contributed by atoms with E-state index in [1.54, 1.807) is 12.1 Å². The topological polar surface area (TPSA) is 177 Å². The largest absolute Gasteiger partial charge is 0.480 e. The van der Waals surface area contributed by atoms with E-state index in [2.05, 4.69) is 16.0 Å². The molecule has 11 nitrogen and oxygen atoms in total. The van der Waals surface area contributed by atoms with Gasteiger partial charge in [0.15, 0.2) is 0 Å². The number of carboxylic acids is 1. The highest BCUT2D eigenvalue weighted by Crippen LogP contribution is 2.16. The number of carbonyl (C=O) groups is 5. The number of carbonyl (C=O) groups excluding carboxylic acids is 4. The van der Waals surface area contributed by atoms with E-state index in [4.69, 9.17) is 15.6 Å². The summed E-state index contributed by atoms with van der Waals surface area (Å²) in [5.41, 5.74) is 6.27. The van der Waals surface area contributed by atoms with Gasteiger partial charge in [-0.15, -0.1) is 0 Å². The van der Waals surface area contributed by atoms with Gasteiger partial charge in [0, 0.05) is 19.0 Å². The lowest BCUT2D eigenvalue weighted by Crippen LogP contribution is -2.46. The molecule has 6 N–H and O–H groups in total. The van der Waals surface area contributed by atoms with Crippen molar-refractivity contribution >= 4 is 35.3 Å². The monoisotopic (exact) mass is 408 g/mol. The normalized spacial score (nSPS) is 12.2. The third kappa shape index (κ3) is 9.33. The van der Waals surface area contributed by atoms with Crippen molar-refractivity contribution in [2.75, 3.05) is 11.9 Å². The maximum Gasteiger partial charge on any atom is 0.328 e. The van der Waals surface area contributed by atoms with E-state index in [0.29, 0.717) is 5.69 Å². The van der Waals surface area contributed by atoms with Crippen LogP contribution in [0.15, 0.2) is 24.3 Å². The number of carboxylic acid groups (broad SMARTS) is 1. The molecule has 0 aliphatic rings. The summed E-state index contributed by atoms with van der Waals surface area (Å²) in [6, 6.07) is 4.08. The number of hydrogen-bond donors (Lipinski definition) is 5. The summed E-state index contributed by atoms with van der Waals surface area (Å²) < 4.78 is 5.11. The number of aliphatic carboxylic acids is 1. The molecule has 2 atom stereocenters. The summed E-state index contributed by atoms with van der Waals surface area (Å²) >= 11 is 0. The van der Waals surface area contributed by atoms with Crippen molar-refractivity contribution in [3.05, 3.63) is 24.3 Å². The molecule has 0 aliphatic heterocycles. The van der Waals surface area contributed by atoms with Crippen LogP contribution < -0.4 is 26.4 Å². The first-order valence-electron chi connectivity index (χ1n) is 8.72. The van der Waals surface area contributed by atoms with Crippen LogP contribution in [0.3, 0.4) is 0 Å². The maximum absolute atomic E-state index is 12.0. The van der Waals surface area contributed by atoms with Crippen molar-refractivity contribution in [3.63, 3.8) is 0 Å². The molecule has 0 spiro atoms. The van der Waals surface area contributed by atoms with Gasteiger partial charge in [-0.05, 0) is 37.6 Å². The van der Waals surface area contributed by atoms with E-state index >= 15 is 0 Å². The number of nitrogens with one attached hydrogen (secondary N) is 3. The predicted molar refractivity (Wildman–Crippen MR) is 102 cm³/mol. The Kier molecular flexibility index (Phi) is 9.26. The van der Waals surface area contributed by atoms with Crippen LogP contribution in [0.5, 0.6) is 5.75 Å². The number of nitrogens with two attached hydrogens (primary N) is 1. The van der Waals surface area contributed by atoms with Crippen LogP contribution in [-0.2, 0) is 24.0 Å². The fraction of sp³-hybridized carbons (Fsp3) is 0.389. The fourth-order valence-electron chi connectivity index (χ4n) is 2.10. The maximum atomic E-state index is 12.0. The second-order valence-electron chi connectivity index (χ2n) is 6.17. The number of anilines is 1. The van der Waals surface area contributed by atoms with Crippen LogP contribution in [0.1, 0.15) is 26.7 Å². The molecule has 1 aromatic carbocycles. The Bertz CT molecular complexity index is 764. The third-order valence-electron chi connectivity index (χ3n) is 3.56. The van der Waals surface area contributed by atoms with Gasteiger partial charge in [-0.1, -0.05) is 0 Å². The first-order valence-corrected chi connectivity index (χ1v) is 8.72. The van der Waals surface area contributed by atoms with Crippen LogP contribution in [0.2, 0.25) is 0 Å². The van der Waals surface area contributed by atoms with Gasteiger partial charge < -0.3 is 31.5 Å². The second-order valence-corrected chi connectivity index (χ2v) is 6.17. The summed E-state index contributed by atoms with van der Waals surface area (Å²) in [6.07, 6.45) is -0.146. The highest BCUT2D eigenvalue weighted by atomic mass is 16.5. The van der Waals surface area contributed by atoms with Gasteiger partial charge in [-0.2, -0.15) is 0 Å². The van der Waals surface area contributed by atoms with Gasteiger partial charge in [0.2, 0.25) is 17.7 Å². The summed E-state index contributed by atoms with van der Waals surface area (Å²) in [5.74, 6) is -3.11. The Labute approximate surface area is 167 Å². The van der Waals surface area contributed by atoms with Crippen molar-refractivity contribution in [2.24, 2.45) is 5.73 Å². The van der Waals surface area contributed by atoms with Gasteiger partial charge in [0.25, 0.3) is 0 Å². The van der Waals surface area contributed by atoms with Crippen LogP contribution in [0.4, 0.5) is 5.69 Å². The molecule has 0 saturated carbocycles. The molecule has 2 unspecified atom stereocenters. The first kappa shape index (κ1) is 23.6. The number of amides is 3. The lowest BCUT2D eigenvalue weighted by atomic mass is 10.1. The highest BCUT2D eigenvalue weighted by molar-refractivity contribution is 5.89. The van der Waals surface area contributed by atoms with E-state index in [0.717, 1.165) is 0 Å².